The Kier molecular flexibility index (Phi) is 5.04. The number of rotatable bonds is 4. The highest BCUT2D eigenvalue weighted by atomic mass is 31.0. The molecule has 0 amide bonds. The van der Waals surface area contributed by atoms with Gasteiger partial charge in [0.25, 0.3) is 0 Å². The molecule has 1 aliphatic rings. The molecule has 0 heterocycles. The van der Waals surface area contributed by atoms with Gasteiger partial charge in [0.1, 0.15) is 0 Å². The summed E-state index contributed by atoms with van der Waals surface area (Å²) < 4.78 is 0. The fraction of sp³-hybridized carbons (Fsp3) is 0.625. The molecule has 1 aromatic rings. The molecule has 0 N–H and O–H groups in total. The van der Waals surface area contributed by atoms with E-state index in [9.17, 15) is 0 Å². The van der Waals surface area contributed by atoms with E-state index in [1.807, 2.05) is 0 Å². The molecule has 0 spiro atoms. The van der Waals surface area contributed by atoms with Crippen LogP contribution in [0.1, 0.15) is 62.5 Å². The Balaban J connectivity index is 1.91. The molecule has 94 valence electrons. The minimum absolute atomic E-state index is 0.835. The highest BCUT2D eigenvalue weighted by Crippen LogP contribution is 2.37. The first-order valence-electron chi connectivity index (χ1n) is 7.12. The second-order valence-electron chi connectivity index (χ2n) is 5.45. The third-order valence-electron chi connectivity index (χ3n) is 4.23. The monoisotopic (exact) mass is 248 g/mol. The molecule has 0 bridgehead atoms. The first kappa shape index (κ1) is 13.1. The summed E-state index contributed by atoms with van der Waals surface area (Å²) in [6, 6.07) is 9.29. The third kappa shape index (κ3) is 3.55. The fourth-order valence-electron chi connectivity index (χ4n) is 3.12. The van der Waals surface area contributed by atoms with E-state index in [-0.39, 0.29) is 0 Å². The van der Waals surface area contributed by atoms with Gasteiger partial charge < -0.3 is 0 Å². The molecule has 17 heavy (non-hydrogen) atoms. The van der Waals surface area contributed by atoms with Crippen LogP contribution in [0.25, 0.3) is 0 Å². The number of benzene rings is 1. The molecule has 1 atom stereocenters. The van der Waals surface area contributed by atoms with Gasteiger partial charge in [-0.05, 0) is 54.8 Å². The smallest absolute Gasteiger partial charge is 0.0128 e. The zero-order valence-electron chi connectivity index (χ0n) is 11.0. The Morgan fingerprint density at radius 3 is 2.24 bits per heavy atom. The van der Waals surface area contributed by atoms with Crippen LogP contribution in [0, 0.1) is 5.92 Å². The molecule has 0 radical (unpaired) electrons. The molecule has 1 unspecified atom stereocenters. The van der Waals surface area contributed by atoms with Crippen molar-refractivity contribution in [1.82, 2.24) is 0 Å². The summed E-state index contributed by atoms with van der Waals surface area (Å²) in [6.07, 6.45) is 9.59. The van der Waals surface area contributed by atoms with Crippen LogP contribution in [0.4, 0.5) is 0 Å². The van der Waals surface area contributed by atoms with Crippen LogP contribution in [-0.4, -0.2) is 0 Å². The highest BCUT2D eigenvalue weighted by molar-refractivity contribution is 7.15. The van der Waals surface area contributed by atoms with Gasteiger partial charge in [-0.25, -0.2) is 0 Å². The summed E-state index contributed by atoms with van der Waals surface area (Å²) in [5.41, 5.74) is 3.00. The molecule has 0 aromatic heterocycles. The molecule has 1 heteroatoms. The van der Waals surface area contributed by atoms with Crippen molar-refractivity contribution < 1.29 is 0 Å². The molecule has 0 nitrogen and oxygen atoms in total. The van der Waals surface area contributed by atoms with Crippen molar-refractivity contribution in [3.8, 4) is 0 Å². The molecule has 0 saturated heterocycles. The highest BCUT2D eigenvalue weighted by Gasteiger charge is 2.21. The average Bonchev–Trinajstić information content (AvgIpc) is 2.40. The minimum atomic E-state index is 0.835. The minimum Gasteiger partial charge on any atom is -0.133 e. The van der Waals surface area contributed by atoms with E-state index in [4.69, 9.17) is 0 Å². The van der Waals surface area contributed by atoms with Gasteiger partial charge in [-0.2, -0.15) is 0 Å². The Morgan fingerprint density at radius 1 is 1.06 bits per heavy atom. The van der Waals surface area contributed by atoms with Crippen LogP contribution in [0.5, 0.6) is 0 Å². The first-order chi connectivity index (χ1) is 8.33. The molecule has 2 rings (SSSR count). The van der Waals surface area contributed by atoms with E-state index in [0.717, 1.165) is 18.0 Å². The standard InChI is InChI=1S/C16H25P/c1-2-3-13-4-8-15(9-5-13)16-10-6-14(12-17)7-11-16/h6-7,10-11,13,15H,2-5,8-9,12,17H2,1H3. The number of hydrogen-bond acceptors (Lipinski definition) is 0. The number of hydrogen-bond donors (Lipinski definition) is 0. The predicted octanol–water partition coefficient (Wildman–Crippen LogP) is 5.14. The van der Waals surface area contributed by atoms with E-state index in [0.29, 0.717) is 0 Å². The average molecular weight is 248 g/mol. The lowest BCUT2D eigenvalue weighted by molar-refractivity contribution is 0.308. The van der Waals surface area contributed by atoms with E-state index in [1.54, 1.807) is 5.56 Å². The van der Waals surface area contributed by atoms with Gasteiger partial charge in [0.15, 0.2) is 0 Å². The topological polar surface area (TPSA) is 0 Å². The van der Waals surface area contributed by atoms with E-state index < -0.39 is 0 Å². The summed E-state index contributed by atoms with van der Waals surface area (Å²) in [7, 11) is 2.79. The fourth-order valence-corrected chi connectivity index (χ4v) is 3.39. The molecule has 1 aliphatic carbocycles. The van der Waals surface area contributed by atoms with Gasteiger partial charge in [-0.3, -0.25) is 0 Å². The Morgan fingerprint density at radius 2 is 1.71 bits per heavy atom. The SMILES string of the molecule is CCCC1CCC(c2ccc(CP)cc2)CC1. The van der Waals surface area contributed by atoms with E-state index in [2.05, 4.69) is 40.4 Å². The van der Waals surface area contributed by atoms with Crippen molar-refractivity contribution in [2.75, 3.05) is 0 Å². The molecule has 1 fully saturated rings. The molecular weight excluding hydrogens is 223 g/mol. The predicted molar refractivity (Wildman–Crippen MR) is 79.5 cm³/mol. The second-order valence-corrected chi connectivity index (χ2v) is 5.86. The van der Waals surface area contributed by atoms with Crippen LogP contribution in [0.2, 0.25) is 0 Å². The van der Waals surface area contributed by atoms with Crippen molar-refractivity contribution >= 4 is 9.24 Å². The molecule has 1 aromatic carbocycles. The normalized spacial score (nSPS) is 24.8. The summed E-state index contributed by atoms with van der Waals surface area (Å²) in [5.74, 6) is 1.85. The summed E-state index contributed by atoms with van der Waals surface area (Å²) >= 11 is 0. The summed E-state index contributed by atoms with van der Waals surface area (Å²) in [4.78, 5) is 0. The van der Waals surface area contributed by atoms with Crippen LogP contribution < -0.4 is 0 Å². The molecule has 1 saturated carbocycles. The lowest BCUT2D eigenvalue weighted by Gasteiger charge is -2.28. The third-order valence-corrected chi connectivity index (χ3v) is 4.70. The summed E-state index contributed by atoms with van der Waals surface area (Å²) in [6.45, 7) is 2.31. The molecule has 0 aliphatic heterocycles. The zero-order valence-corrected chi connectivity index (χ0v) is 12.1. The Labute approximate surface area is 108 Å². The van der Waals surface area contributed by atoms with Crippen molar-refractivity contribution in [2.45, 2.75) is 57.5 Å². The first-order valence-corrected chi connectivity index (χ1v) is 7.94. The Bertz CT molecular complexity index is 320. The summed E-state index contributed by atoms with van der Waals surface area (Å²) in [5, 5.41) is 0. The van der Waals surface area contributed by atoms with Crippen molar-refractivity contribution in [3.63, 3.8) is 0 Å². The van der Waals surface area contributed by atoms with Crippen molar-refractivity contribution in [2.24, 2.45) is 5.92 Å². The van der Waals surface area contributed by atoms with Gasteiger partial charge >= 0.3 is 0 Å². The van der Waals surface area contributed by atoms with Gasteiger partial charge in [0.2, 0.25) is 0 Å². The molecular formula is C16H25P. The largest absolute Gasteiger partial charge is 0.133 e. The van der Waals surface area contributed by atoms with Gasteiger partial charge in [0, 0.05) is 0 Å². The van der Waals surface area contributed by atoms with Crippen molar-refractivity contribution in [3.05, 3.63) is 35.4 Å². The van der Waals surface area contributed by atoms with Crippen LogP contribution in [0.15, 0.2) is 24.3 Å². The van der Waals surface area contributed by atoms with Gasteiger partial charge in [0.05, 0.1) is 0 Å². The van der Waals surface area contributed by atoms with Crippen molar-refractivity contribution in [1.29, 1.82) is 0 Å². The maximum Gasteiger partial charge on any atom is -0.0128 e. The maximum absolute atomic E-state index is 2.79. The van der Waals surface area contributed by atoms with Crippen LogP contribution >= 0.6 is 9.24 Å². The maximum atomic E-state index is 2.79. The van der Waals surface area contributed by atoms with E-state index in [1.165, 1.54) is 44.1 Å². The lowest BCUT2D eigenvalue weighted by atomic mass is 9.77. The van der Waals surface area contributed by atoms with E-state index >= 15 is 0 Å². The quantitative estimate of drug-likeness (QED) is 0.647. The lowest BCUT2D eigenvalue weighted by Crippen LogP contribution is -2.13. The van der Waals surface area contributed by atoms with Crippen LogP contribution in [0.3, 0.4) is 0 Å². The second kappa shape index (κ2) is 6.55. The van der Waals surface area contributed by atoms with Gasteiger partial charge in [-0.15, -0.1) is 9.24 Å². The van der Waals surface area contributed by atoms with Crippen LogP contribution in [-0.2, 0) is 6.16 Å². The zero-order chi connectivity index (χ0) is 12.1. The Hall–Kier alpha value is -0.350. The van der Waals surface area contributed by atoms with Gasteiger partial charge in [-0.1, -0.05) is 44.0 Å².